The molecule has 0 bridgehead atoms. The van der Waals surface area contributed by atoms with Crippen LogP contribution in [-0.2, 0) is 9.59 Å². The first-order chi connectivity index (χ1) is 9.70. The van der Waals surface area contributed by atoms with Gasteiger partial charge in [-0.05, 0) is 30.0 Å². The minimum absolute atomic E-state index is 0.102. The van der Waals surface area contributed by atoms with Crippen molar-refractivity contribution in [1.82, 2.24) is 5.32 Å². The zero-order chi connectivity index (χ0) is 15.8. The monoisotopic (exact) mass is 308 g/mol. The quantitative estimate of drug-likeness (QED) is 0.867. The van der Waals surface area contributed by atoms with Gasteiger partial charge in [-0.15, -0.1) is 0 Å². The van der Waals surface area contributed by atoms with Crippen LogP contribution in [-0.4, -0.2) is 24.4 Å². The summed E-state index contributed by atoms with van der Waals surface area (Å²) in [6, 6.07) is 5.02. The van der Waals surface area contributed by atoms with Crippen molar-refractivity contribution in [2.24, 2.45) is 5.41 Å². The summed E-state index contributed by atoms with van der Waals surface area (Å²) in [5.74, 6) is -0.213. The fourth-order valence-corrected chi connectivity index (χ4v) is 2.65. The second-order valence-corrected chi connectivity index (χ2v) is 6.97. The highest BCUT2D eigenvalue weighted by molar-refractivity contribution is 6.34. The highest BCUT2D eigenvalue weighted by Crippen LogP contribution is 2.31. The van der Waals surface area contributed by atoms with E-state index in [0.717, 1.165) is 5.56 Å². The van der Waals surface area contributed by atoms with Crippen LogP contribution in [0.2, 0.25) is 5.02 Å². The standard InChI is InChI=1S/C16H21ClN2O2/c1-10-5-6-11(17)12(9-10)19-8-7-13(20)18-14(15(19)21)16(2,3)4/h5-6,9,14H,7-8H2,1-4H3,(H,18,20). The number of carbonyl (C=O) groups is 2. The van der Waals surface area contributed by atoms with Crippen molar-refractivity contribution in [3.8, 4) is 0 Å². The van der Waals surface area contributed by atoms with E-state index < -0.39 is 6.04 Å². The van der Waals surface area contributed by atoms with Gasteiger partial charge in [-0.2, -0.15) is 0 Å². The Kier molecular flexibility index (Phi) is 4.28. The zero-order valence-corrected chi connectivity index (χ0v) is 13.6. The summed E-state index contributed by atoms with van der Waals surface area (Å²) in [5, 5.41) is 3.35. The lowest BCUT2D eigenvalue weighted by molar-refractivity contribution is -0.127. The van der Waals surface area contributed by atoms with Gasteiger partial charge in [0.2, 0.25) is 11.8 Å². The molecule has 21 heavy (non-hydrogen) atoms. The highest BCUT2D eigenvalue weighted by Gasteiger charge is 2.38. The van der Waals surface area contributed by atoms with E-state index in [4.69, 9.17) is 11.6 Å². The molecule has 2 rings (SSSR count). The van der Waals surface area contributed by atoms with Crippen LogP contribution >= 0.6 is 11.6 Å². The molecule has 0 aromatic heterocycles. The van der Waals surface area contributed by atoms with E-state index in [1.807, 2.05) is 39.8 Å². The molecule has 0 spiro atoms. The predicted molar refractivity (Wildman–Crippen MR) is 84.5 cm³/mol. The SMILES string of the molecule is Cc1ccc(Cl)c(N2CCC(=O)NC(C(C)(C)C)C2=O)c1. The van der Waals surface area contributed by atoms with Gasteiger partial charge in [0.1, 0.15) is 6.04 Å². The van der Waals surface area contributed by atoms with E-state index in [9.17, 15) is 9.59 Å². The number of rotatable bonds is 1. The summed E-state index contributed by atoms with van der Waals surface area (Å²) < 4.78 is 0. The molecule has 4 nitrogen and oxygen atoms in total. The highest BCUT2D eigenvalue weighted by atomic mass is 35.5. The maximum absolute atomic E-state index is 12.9. The number of nitrogens with zero attached hydrogens (tertiary/aromatic N) is 1. The van der Waals surface area contributed by atoms with E-state index >= 15 is 0 Å². The molecule has 0 aliphatic carbocycles. The van der Waals surface area contributed by atoms with Crippen molar-refractivity contribution in [1.29, 1.82) is 0 Å². The third kappa shape index (κ3) is 3.38. The molecule has 1 saturated heterocycles. The van der Waals surface area contributed by atoms with E-state index in [0.29, 0.717) is 17.3 Å². The first kappa shape index (κ1) is 15.8. The zero-order valence-electron chi connectivity index (χ0n) is 12.9. The maximum Gasteiger partial charge on any atom is 0.250 e. The van der Waals surface area contributed by atoms with E-state index in [2.05, 4.69) is 5.32 Å². The van der Waals surface area contributed by atoms with Gasteiger partial charge in [-0.1, -0.05) is 38.4 Å². The Bertz CT molecular complexity index is 578. The minimum atomic E-state index is -0.552. The Morgan fingerprint density at radius 1 is 1.29 bits per heavy atom. The number of nitrogens with one attached hydrogen (secondary N) is 1. The van der Waals surface area contributed by atoms with Crippen LogP contribution in [0, 0.1) is 12.3 Å². The van der Waals surface area contributed by atoms with Crippen LogP contribution in [0.1, 0.15) is 32.8 Å². The Morgan fingerprint density at radius 3 is 2.57 bits per heavy atom. The van der Waals surface area contributed by atoms with Crippen molar-refractivity contribution in [3.05, 3.63) is 28.8 Å². The molecular formula is C16H21ClN2O2. The minimum Gasteiger partial charge on any atom is -0.344 e. The summed E-state index contributed by atoms with van der Waals surface area (Å²) >= 11 is 6.25. The molecule has 1 N–H and O–H groups in total. The average molecular weight is 309 g/mol. The molecule has 1 aromatic rings. The Balaban J connectivity index is 2.45. The Labute approximate surface area is 130 Å². The van der Waals surface area contributed by atoms with Crippen molar-refractivity contribution < 1.29 is 9.59 Å². The van der Waals surface area contributed by atoms with Crippen molar-refractivity contribution in [2.45, 2.75) is 40.2 Å². The Morgan fingerprint density at radius 2 is 1.95 bits per heavy atom. The number of halogens is 1. The fraction of sp³-hybridized carbons (Fsp3) is 0.500. The maximum atomic E-state index is 12.9. The second-order valence-electron chi connectivity index (χ2n) is 6.56. The van der Waals surface area contributed by atoms with Crippen LogP contribution in [0.3, 0.4) is 0 Å². The fourth-order valence-electron chi connectivity index (χ4n) is 2.43. The molecule has 0 saturated carbocycles. The molecule has 1 fully saturated rings. The lowest BCUT2D eigenvalue weighted by Gasteiger charge is -2.32. The number of hydrogen-bond donors (Lipinski definition) is 1. The predicted octanol–water partition coefficient (Wildman–Crippen LogP) is 2.92. The smallest absolute Gasteiger partial charge is 0.250 e. The molecule has 1 heterocycles. The molecule has 0 radical (unpaired) electrons. The molecule has 1 aliphatic rings. The lowest BCUT2D eigenvalue weighted by atomic mass is 9.86. The van der Waals surface area contributed by atoms with Crippen molar-refractivity contribution >= 4 is 29.1 Å². The van der Waals surface area contributed by atoms with E-state index in [-0.39, 0.29) is 23.7 Å². The lowest BCUT2D eigenvalue weighted by Crippen LogP contribution is -2.52. The van der Waals surface area contributed by atoms with Gasteiger partial charge >= 0.3 is 0 Å². The number of hydrogen-bond acceptors (Lipinski definition) is 2. The number of carbonyl (C=O) groups excluding carboxylic acids is 2. The number of anilines is 1. The largest absolute Gasteiger partial charge is 0.344 e. The van der Waals surface area contributed by atoms with Gasteiger partial charge < -0.3 is 10.2 Å². The third-order valence-electron chi connectivity index (χ3n) is 3.64. The second kappa shape index (κ2) is 5.68. The first-order valence-corrected chi connectivity index (χ1v) is 7.45. The normalized spacial score (nSPS) is 20.2. The molecule has 1 atom stereocenters. The van der Waals surface area contributed by atoms with Crippen LogP contribution in [0.4, 0.5) is 5.69 Å². The van der Waals surface area contributed by atoms with Crippen molar-refractivity contribution in [3.63, 3.8) is 0 Å². The summed E-state index contributed by atoms with van der Waals surface area (Å²) in [4.78, 5) is 26.4. The Hall–Kier alpha value is -1.55. The van der Waals surface area contributed by atoms with Gasteiger partial charge in [-0.25, -0.2) is 0 Å². The van der Waals surface area contributed by atoms with Crippen LogP contribution in [0.15, 0.2) is 18.2 Å². The molecule has 1 unspecified atom stereocenters. The summed E-state index contributed by atoms with van der Waals surface area (Å²) in [6.07, 6.45) is 0.280. The molecule has 114 valence electrons. The average Bonchev–Trinajstić information content (AvgIpc) is 2.52. The molecular weight excluding hydrogens is 288 g/mol. The summed E-state index contributed by atoms with van der Waals surface area (Å²) in [7, 11) is 0. The molecule has 2 amide bonds. The molecule has 5 heteroatoms. The van der Waals surface area contributed by atoms with Crippen LogP contribution < -0.4 is 10.2 Å². The number of amides is 2. The van der Waals surface area contributed by atoms with Gasteiger partial charge in [0.15, 0.2) is 0 Å². The first-order valence-electron chi connectivity index (χ1n) is 7.07. The van der Waals surface area contributed by atoms with Gasteiger partial charge in [0, 0.05) is 13.0 Å². The topological polar surface area (TPSA) is 49.4 Å². The van der Waals surface area contributed by atoms with E-state index in [1.165, 1.54) is 0 Å². The number of benzene rings is 1. The van der Waals surface area contributed by atoms with Gasteiger partial charge in [0.05, 0.1) is 10.7 Å². The van der Waals surface area contributed by atoms with Crippen LogP contribution in [0.25, 0.3) is 0 Å². The molecule has 1 aliphatic heterocycles. The molecule has 1 aromatic carbocycles. The van der Waals surface area contributed by atoms with E-state index in [1.54, 1.807) is 11.0 Å². The number of aryl methyl sites for hydroxylation is 1. The van der Waals surface area contributed by atoms with Gasteiger partial charge in [0.25, 0.3) is 0 Å². The third-order valence-corrected chi connectivity index (χ3v) is 3.96. The van der Waals surface area contributed by atoms with Gasteiger partial charge in [-0.3, -0.25) is 9.59 Å². The van der Waals surface area contributed by atoms with Crippen LogP contribution in [0.5, 0.6) is 0 Å². The van der Waals surface area contributed by atoms with Crippen molar-refractivity contribution in [2.75, 3.05) is 11.4 Å². The summed E-state index contributed by atoms with van der Waals surface area (Å²) in [5.41, 5.74) is 1.34. The summed E-state index contributed by atoms with van der Waals surface area (Å²) in [6.45, 7) is 8.12.